The molecular formula is C18H16BrFN2O2S. The van der Waals surface area contributed by atoms with Crippen molar-refractivity contribution in [1.82, 2.24) is 9.55 Å². The van der Waals surface area contributed by atoms with Crippen LogP contribution in [0.3, 0.4) is 0 Å². The zero-order chi connectivity index (χ0) is 17.6. The van der Waals surface area contributed by atoms with Crippen LogP contribution in [-0.4, -0.2) is 33.1 Å². The number of aromatic nitrogens is 2. The molecule has 3 rings (SSSR count). The smallest absolute Gasteiger partial charge is 0.172 e. The largest absolute Gasteiger partial charge is 0.491 e. The predicted molar refractivity (Wildman–Crippen MR) is 99.9 cm³/mol. The molecule has 0 aliphatic heterocycles. The van der Waals surface area contributed by atoms with Gasteiger partial charge in [0.15, 0.2) is 5.16 Å². The van der Waals surface area contributed by atoms with Gasteiger partial charge in [0.05, 0.1) is 11.8 Å². The lowest BCUT2D eigenvalue weighted by Crippen LogP contribution is -2.20. The summed E-state index contributed by atoms with van der Waals surface area (Å²) in [5.74, 6) is 0.810. The van der Waals surface area contributed by atoms with Gasteiger partial charge >= 0.3 is 0 Å². The number of hydrogen-bond donors (Lipinski definition) is 1. The van der Waals surface area contributed by atoms with Crippen molar-refractivity contribution in [2.45, 2.75) is 11.3 Å². The highest BCUT2D eigenvalue weighted by Gasteiger charge is 2.11. The van der Waals surface area contributed by atoms with Gasteiger partial charge in [-0.05, 0) is 36.4 Å². The second-order valence-electron chi connectivity index (χ2n) is 5.29. The van der Waals surface area contributed by atoms with Crippen molar-refractivity contribution in [3.8, 4) is 11.4 Å². The van der Waals surface area contributed by atoms with Crippen molar-refractivity contribution in [3.05, 3.63) is 71.2 Å². The fourth-order valence-electron chi connectivity index (χ4n) is 2.19. The summed E-state index contributed by atoms with van der Waals surface area (Å²) in [7, 11) is 0. The van der Waals surface area contributed by atoms with Gasteiger partial charge in [-0.2, -0.15) is 0 Å². The van der Waals surface area contributed by atoms with Crippen LogP contribution >= 0.6 is 27.7 Å². The third kappa shape index (κ3) is 5.07. The predicted octanol–water partition coefficient (Wildman–Crippen LogP) is 4.31. The number of rotatable bonds is 7. The molecule has 0 fully saturated rings. The SMILES string of the molecule is OC(COc1cccc(Br)c1)CSc1nccn1-c1cccc(F)c1. The maximum absolute atomic E-state index is 13.4. The number of benzene rings is 2. The molecule has 0 bridgehead atoms. The molecule has 0 saturated carbocycles. The van der Waals surface area contributed by atoms with E-state index in [2.05, 4.69) is 20.9 Å². The van der Waals surface area contributed by atoms with Crippen LogP contribution in [0, 0.1) is 5.82 Å². The Morgan fingerprint density at radius 2 is 2.08 bits per heavy atom. The van der Waals surface area contributed by atoms with Crippen LogP contribution in [0.2, 0.25) is 0 Å². The topological polar surface area (TPSA) is 47.3 Å². The molecule has 1 atom stereocenters. The van der Waals surface area contributed by atoms with Gasteiger partial charge in [-0.25, -0.2) is 9.37 Å². The number of ether oxygens (including phenoxy) is 1. The number of thioether (sulfide) groups is 1. The zero-order valence-electron chi connectivity index (χ0n) is 13.2. The highest BCUT2D eigenvalue weighted by atomic mass is 79.9. The van der Waals surface area contributed by atoms with E-state index in [0.717, 1.165) is 4.47 Å². The summed E-state index contributed by atoms with van der Waals surface area (Å²) in [6, 6.07) is 13.8. The molecule has 130 valence electrons. The van der Waals surface area contributed by atoms with Gasteiger partial charge in [-0.15, -0.1) is 0 Å². The van der Waals surface area contributed by atoms with Gasteiger partial charge in [0, 0.05) is 22.6 Å². The zero-order valence-corrected chi connectivity index (χ0v) is 15.6. The first-order valence-corrected chi connectivity index (χ1v) is 9.38. The van der Waals surface area contributed by atoms with Crippen LogP contribution < -0.4 is 4.74 Å². The molecule has 0 aliphatic rings. The molecule has 7 heteroatoms. The summed E-state index contributed by atoms with van der Waals surface area (Å²) in [4.78, 5) is 4.27. The van der Waals surface area contributed by atoms with E-state index < -0.39 is 6.10 Å². The fourth-order valence-corrected chi connectivity index (χ4v) is 3.44. The Labute approximate surface area is 157 Å². The van der Waals surface area contributed by atoms with Gasteiger partial charge in [-0.3, -0.25) is 4.57 Å². The standard InChI is InChI=1S/C18H16BrFN2O2S/c19-13-3-1-6-17(9-13)24-11-16(23)12-25-18-21-7-8-22(18)15-5-2-4-14(20)10-15/h1-10,16,23H,11-12H2. The monoisotopic (exact) mass is 422 g/mol. The van der Waals surface area contributed by atoms with Crippen molar-refractivity contribution >= 4 is 27.7 Å². The highest BCUT2D eigenvalue weighted by molar-refractivity contribution is 9.10. The van der Waals surface area contributed by atoms with Crippen LogP contribution in [0.5, 0.6) is 5.75 Å². The number of aliphatic hydroxyl groups excluding tert-OH is 1. The lowest BCUT2D eigenvalue weighted by molar-refractivity contribution is 0.126. The van der Waals surface area contributed by atoms with Crippen LogP contribution in [-0.2, 0) is 0 Å². The van der Waals surface area contributed by atoms with Crippen LogP contribution in [0.25, 0.3) is 5.69 Å². The van der Waals surface area contributed by atoms with Gasteiger partial charge in [0.25, 0.3) is 0 Å². The lowest BCUT2D eigenvalue weighted by atomic mass is 10.3. The van der Waals surface area contributed by atoms with Crippen molar-refractivity contribution in [2.24, 2.45) is 0 Å². The Morgan fingerprint density at radius 3 is 2.88 bits per heavy atom. The highest BCUT2D eigenvalue weighted by Crippen LogP contribution is 2.22. The molecule has 1 unspecified atom stereocenters. The van der Waals surface area contributed by atoms with E-state index in [0.29, 0.717) is 22.3 Å². The second-order valence-corrected chi connectivity index (χ2v) is 7.20. The minimum absolute atomic E-state index is 0.185. The molecule has 4 nitrogen and oxygen atoms in total. The second kappa shape index (κ2) is 8.51. The Bertz CT molecular complexity index is 843. The minimum atomic E-state index is -0.651. The summed E-state index contributed by atoms with van der Waals surface area (Å²) in [6.45, 7) is 0.185. The number of halogens is 2. The Kier molecular flexibility index (Phi) is 6.12. The summed E-state index contributed by atoms with van der Waals surface area (Å²) in [5.41, 5.74) is 0.694. The maximum Gasteiger partial charge on any atom is 0.172 e. The number of aliphatic hydroxyl groups is 1. The molecular weight excluding hydrogens is 407 g/mol. The van der Waals surface area contributed by atoms with Crippen LogP contribution in [0.4, 0.5) is 4.39 Å². The van der Waals surface area contributed by atoms with Gasteiger partial charge in [0.2, 0.25) is 0 Å². The molecule has 0 spiro atoms. The Balaban J connectivity index is 1.56. The van der Waals surface area contributed by atoms with E-state index in [1.54, 1.807) is 23.0 Å². The van der Waals surface area contributed by atoms with Crippen molar-refractivity contribution < 1.29 is 14.2 Å². The van der Waals surface area contributed by atoms with Crippen LogP contribution in [0.15, 0.2) is 70.6 Å². The fraction of sp³-hybridized carbons (Fsp3) is 0.167. The third-order valence-corrected chi connectivity index (χ3v) is 4.94. The molecule has 1 N–H and O–H groups in total. The van der Waals surface area contributed by atoms with E-state index in [9.17, 15) is 9.50 Å². The summed E-state index contributed by atoms with van der Waals surface area (Å²) >= 11 is 4.77. The molecule has 3 aromatic rings. The first-order chi connectivity index (χ1) is 12.1. The van der Waals surface area contributed by atoms with Crippen molar-refractivity contribution in [3.63, 3.8) is 0 Å². The van der Waals surface area contributed by atoms with E-state index in [1.807, 2.05) is 30.3 Å². The van der Waals surface area contributed by atoms with Gasteiger partial charge in [0.1, 0.15) is 18.2 Å². The van der Waals surface area contributed by atoms with E-state index in [4.69, 9.17) is 4.74 Å². The average Bonchev–Trinajstić information content (AvgIpc) is 3.07. The summed E-state index contributed by atoms with van der Waals surface area (Å²) in [5, 5.41) is 10.8. The molecule has 0 radical (unpaired) electrons. The third-order valence-electron chi connectivity index (χ3n) is 3.34. The molecule has 0 aliphatic carbocycles. The number of imidazole rings is 1. The first kappa shape index (κ1) is 18.0. The summed E-state index contributed by atoms with van der Waals surface area (Å²) in [6.07, 6.45) is 2.76. The molecule has 1 heterocycles. The molecule has 1 aromatic heterocycles. The molecule has 25 heavy (non-hydrogen) atoms. The van der Waals surface area contributed by atoms with Crippen molar-refractivity contribution in [1.29, 1.82) is 0 Å². The normalized spacial score (nSPS) is 12.1. The Hall–Kier alpha value is -1.83. The molecule has 2 aromatic carbocycles. The van der Waals surface area contributed by atoms with E-state index >= 15 is 0 Å². The Morgan fingerprint density at radius 1 is 1.24 bits per heavy atom. The quantitative estimate of drug-likeness (QED) is 0.576. The van der Waals surface area contributed by atoms with Crippen LogP contribution in [0.1, 0.15) is 0 Å². The number of nitrogens with zero attached hydrogens (tertiary/aromatic N) is 2. The van der Waals surface area contributed by atoms with Crippen molar-refractivity contribution in [2.75, 3.05) is 12.4 Å². The summed E-state index contributed by atoms with van der Waals surface area (Å²) < 4.78 is 21.7. The molecule has 0 amide bonds. The number of hydrogen-bond acceptors (Lipinski definition) is 4. The van der Waals surface area contributed by atoms with Gasteiger partial charge in [-0.1, -0.05) is 39.8 Å². The molecule has 0 saturated heterocycles. The maximum atomic E-state index is 13.4. The van der Waals surface area contributed by atoms with E-state index in [-0.39, 0.29) is 12.4 Å². The lowest BCUT2D eigenvalue weighted by Gasteiger charge is -2.13. The van der Waals surface area contributed by atoms with E-state index in [1.165, 1.54) is 23.9 Å². The van der Waals surface area contributed by atoms with Gasteiger partial charge < -0.3 is 9.84 Å². The average molecular weight is 423 g/mol. The minimum Gasteiger partial charge on any atom is -0.491 e. The first-order valence-electron chi connectivity index (χ1n) is 7.60.